The molecule has 1 aromatic rings. The molecule has 0 unspecified atom stereocenters. The zero-order chi connectivity index (χ0) is 12.1. The van der Waals surface area contributed by atoms with Crippen LogP contribution in [0.1, 0.15) is 37.2 Å². The van der Waals surface area contributed by atoms with Crippen LogP contribution in [0, 0.1) is 0 Å². The van der Waals surface area contributed by atoms with E-state index in [4.69, 9.17) is 5.11 Å². The summed E-state index contributed by atoms with van der Waals surface area (Å²) < 4.78 is 0. The molecule has 5 nitrogen and oxygen atoms in total. The minimum absolute atomic E-state index is 0.0262. The maximum absolute atomic E-state index is 10.6. The Morgan fingerprint density at radius 1 is 1.38 bits per heavy atom. The van der Waals surface area contributed by atoms with Crippen molar-refractivity contribution in [3.05, 3.63) is 18.1 Å². The second-order valence-electron chi connectivity index (χ2n) is 3.65. The molecule has 1 heterocycles. The van der Waals surface area contributed by atoms with Crippen molar-refractivity contribution in [3.8, 4) is 0 Å². The van der Waals surface area contributed by atoms with Gasteiger partial charge in [-0.25, -0.2) is 14.8 Å². The Hall–Kier alpha value is -1.65. The Morgan fingerprint density at radius 2 is 2.00 bits per heavy atom. The first-order chi connectivity index (χ1) is 7.60. The second-order valence-corrected chi connectivity index (χ2v) is 3.65. The molecule has 1 aromatic heterocycles. The Kier molecular flexibility index (Phi) is 4.22. The lowest BCUT2D eigenvalue weighted by Crippen LogP contribution is -2.31. The summed E-state index contributed by atoms with van der Waals surface area (Å²) in [6, 6.07) is 0.407. The minimum atomic E-state index is -1.05. The van der Waals surface area contributed by atoms with Gasteiger partial charge in [-0.2, -0.15) is 0 Å². The minimum Gasteiger partial charge on any atom is -0.476 e. The molecule has 0 fully saturated rings. The van der Waals surface area contributed by atoms with E-state index in [9.17, 15) is 4.79 Å². The fourth-order valence-corrected chi connectivity index (χ4v) is 1.64. The maximum Gasteiger partial charge on any atom is 0.356 e. The standard InChI is InChI=1S/C11H17N3O2/c1-4-8(5-2)14(3)10-7-12-9(6-13-10)11(15)16/h6-8H,4-5H2,1-3H3,(H,15,16). The lowest BCUT2D eigenvalue weighted by molar-refractivity contribution is 0.0690. The van der Waals surface area contributed by atoms with Gasteiger partial charge in [-0.3, -0.25) is 0 Å². The van der Waals surface area contributed by atoms with Gasteiger partial charge in [-0.05, 0) is 12.8 Å². The van der Waals surface area contributed by atoms with E-state index < -0.39 is 5.97 Å². The van der Waals surface area contributed by atoms with E-state index in [0.717, 1.165) is 12.8 Å². The molecule has 5 heteroatoms. The highest BCUT2D eigenvalue weighted by Crippen LogP contribution is 2.14. The fourth-order valence-electron chi connectivity index (χ4n) is 1.64. The number of carboxylic acid groups (broad SMARTS) is 1. The van der Waals surface area contributed by atoms with Gasteiger partial charge in [0.15, 0.2) is 5.69 Å². The van der Waals surface area contributed by atoms with E-state index in [1.165, 1.54) is 12.4 Å². The van der Waals surface area contributed by atoms with Crippen molar-refractivity contribution in [2.45, 2.75) is 32.7 Å². The average molecular weight is 223 g/mol. The van der Waals surface area contributed by atoms with Crippen LogP contribution in [0.15, 0.2) is 12.4 Å². The van der Waals surface area contributed by atoms with Gasteiger partial charge in [0.1, 0.15) is 5.82 Å². The number of hydrogen-bond acceptors (Lipinski definition) is 4. The molecule has 1 N–H and O–H groups in total. The van der Waals surface area contributed by atoms with Crippen LogP contribution in [0.2, 0.25) is 0 Å². The van der Waals surface area contributed by atoms with Gasteiger partial charge < -0.3 is 10.0 Å². The molecule has 0 spiro atoms. The number of anilines is 1. The fraction of sp³-hybridized carbons (Fsp3) is 0.545. The summed E-state index contributed by atoms with van der Waals surface area (Å²) in [5.74, 6) is -0.345. The van der Waals surface area contributed by atoms with Gasteiger partial charge in [0.2, 0.25) is 0 Å². The van der Waals surface area contributed by atoms with Gasteiger partial charge in [0, 0.05) is 13.1 Å². The molecule has 1 rings (SSSR count). The normalized spacial score (nSPS) is 10.5. The zero-order valence-electron chi connectivity index (χ0n) is 9.84. The summed E-state index contributed by atoms with van der Waals surface area (Å²) in [6.45, 7) is 4.23. The first-order valence-electron chi connectivity index (χ1n) is 5.38. The molecule has 0 radical (unpaired) electrons. The van der Waals surface area contributed by atoms with Crippen LogP contribution in [0.25, 0.3) is 0 Å². The molecule has 0 saturated heterocycles. The van der Waals surface area contributed by atoms with Crippen LogP contribution in [-0.4, -0.2) is 34.1 Å². The number of carbonyl (C=O) groups is 1. The van der Waals surface area contributed by atoms with E-state index in [1.807, 2.05) is 11.9 Å². The number of aromatic nitrogens is 2. The summed E-state index contributed by atoms with van der Waals surface area (Å²) in [4.78, 5) is 20.6. The second kappa shape index (κ2) is 5.44. The van der Waals surface area contributed by atoms with Crippen LogP contribution >= 0.6 is 0 Å². The number of hydrogen-bond donors (Lipinski definition) is 1. The summed E-state index contributed by atoms with van der Waals surface area (Å²) in [5, 5.41) is 8.70. The van der Waals surface area contributed by atoms with E-state index in [2.05, 4.69) is 23.8 Å². The smallest absolute Gasteiger partial charge is 0.356 e. The molecule has 0 atom stereocenters. The van der Waals surface area contributed by atoms with Crippen molar-refractivity contribution >= 4 is 11.8 Å². The van der Waals surface area contributed by atoms with E-state index in [1.54, 1.807) is 0 Å². The highest BCUT2D eigenvalue weighted by atomic mass is 16.4. The third-order valence-corrected chi connectivity index (χ3v) is 2.71. The lowest BCUT2D eigenvalue weighted by atomic mass is 10.1. The third kappa shape index (κ3) is 2.68. The van der Waals surface area contributed by atoms with Crippen molar-refractivity contribution < 1.29 is 9.90 Å². The maximum atomic E-state index is 10.6. The first kappa shape index (κ1) is 12.4. The molecule has 0 bridgehead atoms. The summed E-state index contributed by atoms with van der Waals surface area (Å²) >= 11 is 0. The third-order valence-electron chi connectivity index (χ3n) is 2.71. The summed E-state index contributed by atoms with van der Waals surface area (Å²) in [5.41, 5.74) is -0.0262. The molecule has 88 valence electrons. The Morgan fingerprint density at radius 3 is 2.38 bits per heavy atom. The predicted molar refractivity (Wildman–Crippen MR) is 61.8 cm³/mol. The van der Waals surface area contributed by atoms with Crippen molar-refractivity contribution in [2.75, 3.05) is 11.9 Å². The van der Waals surface area contributed by atoms with Crippen LogP contribution in [0.3, 0.4) is 0 Å². The SMILES string of the molecule is CCC(CC)N(C)c1cnc(C(=O)O)cn1. The molecule has 0 aliphatic carbocycles. The Bertz CT molecular complexity index is 347. The van der Waals surface area contributed by atoms with E-state index in [0.29, 0.717) is 11.9 Å². The quantitative estimate of drug-likeness (QED) is 0.824. The first-order valence-corrected chi connectivity index (χ1v) is 5.38. The topological polar surface area (TPSA) is 66.3 Å². The number of carboxylic acids is 1. The largest absolute Gasteiger partial charge is 0.476 e. The van der Waals surface area contributed by atoms with Crippen LogP contribution in [0.4, 0.5) is 5.82 Å². The zero-order valence-corrected chi connectivity index (χ0v) is 9.84. The lowest BCUT2D eigenvalue weighted by Gasteiger charge is -2.26. The van der Waals surface area contributed by atoms with Gasteiger partial charge >= 0.3 is 5.97 Å². The van der Waals surface area contributed by atoms with Crippen molar-refractivity contribution in [2.24, 2.45) is 0 Å². The predicted octanol–water partition coefficient (Wildman–Crippen LogP) is 1.80. The number of rotatable bonds is 5. The van der Waals surface area contributed by atoms with Crippen molar-refractivity contribution in [1.29, 1.82) is 0 Å². The Labute approximate surface area is 95.1 Å². The van der Waals surface area contributed by atoms with E-state index in [-0.39, 0.29) is 5.69 Å². The van der Waals surface area contributed by atoms with Gasteiger partial charge in [0.25, 0.3) is 0 Å². The molecule has 16 heavy (non-hydrogen) atoms. The molecular weight excluding hydrogens is 206 g/mol. The average Bonchev–Trinajstić information content (AvgIpc) is 2.30. The van der Waals surface area contributed by atoms with Gasteiger partial charge in [0.05, 0.1) is 12.4 Å². The summed E-state index contributed by atoms with van der Waals surface area (Å²) in [7, 11) is 1.95. The molecule has 0 saturated carbocycles. The van der Waals surface area contributed by atoms with Gasteiger partial charge in [-0.15, -0.1) is 0 Å². The Balaban J connectivity index is 2.84. The monoisotopic (exact) mass is 223 g/mol. The van der Waals surface area contributed by atoms with Crippen molar-refractivity contribution in [3.63, 3.8) is 0 Å². The molecular formula is C11H17N3O2. The highest BCUT2D eigenvalue weighted by molar-refractivity contribution is 5.84. The molecule has 0 aliphatic heterocycles. The molecule has 0 aliphatic rings. The van der Waals surface area contributed by atoms with Crippen LogP contribution < -0.4 is 4.90 Å². The molecule has 0 amide bonds. The number of nitrogens with zero attached hydrogens (tertiary/aromatic N) is 3. The summed E-state index contributed by atoms with van der Waals surface area (Å²) in [6.07, 6.45) is 4.84. The molecule has 0 aromatic carbocycles. The van der Waals surface area contributed by atoms with Gasteiger partial charge in [-0.1, -0.05) is 13.8 Å². The van der Waals surface area contributed by atoms with Crippen LogP contribution in [-0.2, 0) is 0 Å². The van der Waals surface area contributed by atoms with E-state index >= 15 is 0 Å². The highest BCUT2D eigenvalue weighted by Gasteiger charge is 2.13. The van der Waals surface area contributed by atoms with Crippen LogP contribution in [0.5, 0.6) is 0 Å². The van der Waals surface area contributed by atoms with Crippen molar-refractivity contribution in [1.82, 2.24) is 9.97 Å². The number of aromatic carboxylic acids is 1.